The van der Waals surface area contributed by atoms with Crippen molar-refractivity contribution in [1.29, 1.82) is 0 Å². The quantitative estimate of drug-likeness (QED) is 0.360. The van der Waals surface area contributed by atoms with Gasteiger partial charge in [0.2, 0.25) is 11.8 Å². The van der Waals surface area contributed by atoms with Crippen molar-refractivity contribution >= 4 is 40.6 Å². The molecule has 0 saturated carbocycles. The van der Waals surface area contributed by atoms with Crippen LogP contribution >= 0.6 is 23.1 Å². The molecular formula is C22H23N7O3S2. The zero-order chi connectivity index (χ0) is 24.4. The van der Waals surface area contributed by atoms with Gasteiger partial charge < -0.3 is 11.1 Å². The van der Waals surface area contributed by atoms with Gasteiger partial charge in [-0.15, -0.1) is 21.5 Å². The molecule has 4 rings (SSSR count). The predicted molar refractivity (Wildman–Crippen MR) is 132 cm³/mol. The van der Waals surface area contributed by atoms with E-state index in [2.05, 4.69) is 15.5 Å². The van der Waals surface area contributed by atoms with Crippen LogP contribution in [0.5, 0.6) is 0 Å². The van der Waals surface area contributed by atoms with Crippen molar-refractivity contribution in [1.82, 2.24) is 24.1 Å². The van der Waals surface area contributed by atoms with E-state index in [-0.39, 0.29) is 23.7 Å². The van der Waals surface area contributed by atoms with Gasteiger partial charge in [-0.05, 0) is 37.4 Å². The Morgan fingerprint density at radius 2 is 1.91 bits per heavy atom. The van der Waals surface area contributed by atoms with Crippen molar-refractivity contribution in [2.24, 2.45) is 12.8 Å². The summed E-state index contributed by atoms with van der Waals surface area (Å²) >= 11 is 2.59. The molecule has 2 amide bonds. The van der Waals surface area contributed by atoms with Crippen molar-refractivity contribution in [2.75, 3.05) is 5.32 Å². The van der Waals surface area contributed by atoms with Crippen LogP contribution in [0.15, 0.2) is 57.8 Å². The first kappa shape index (κ1) is 23.5. The van der Waals surface area contributed by atoms with Gasteiger partial charge in [0.25, 0.3) is 5.56 Å². The number of benzene rings is 1. The van der Waals surface area contributed by atoms with Crippen LogP contribution in [0.1, 0.15) is 12.6 Å². The summed E-state index contributed by atoms with van der Waals surface area (Å²) < 4.78 is 4.79. The highest BCUT2D eigenvalue weighted by Gasteiger charge is 2.25. The fraction of sp³-hybridized carbons (Fsp3) is 0.227. The average molecular weight is 498 g/mol. The second-order valence-corrected chi connectivity index (χ2v) is 9.78. The maximum Gasteiger partial charge on any atom is 0.295 e. The van der Waals surface area contributed by atoms with Gasteiger partial charge in [-0.25, -0.2) is 4.68 Å². The molecule has 1 unspecified atom stereocenters. The molecule has 4 aromatic rings. The van der Waals surface area contributed by atoms with Crippen molar-refractivity contribution in [3.8, 4) is 16.4 Å². The Labute approximate surface area is 203 Å². The number of nitrogens with one attached hydrogen (secondary N) is 1. The number of nitrogens with two attached hydrogens (primary N) is 1. The van der Waals surface area contributed by atoms with E-state index in [0.29, 0.717) is 22.4 Å². The van der Waals surface area contributed by atoms with Gasteiger partial charge >= 0.3 is 0 Å². The first-order valence-corrected chi connectivity index (χ1v) is 12.1. The summed E-state index contributed by atoms with van der Waals surface area (Å²) in [5, 5.41) is 12.8. The Kier molecular flexibility index (Phi) is 6.70. The first-order valence-electron chi connectivity index (χ1n) is 10.3. The van der Waals surface area contributed by atoms with Crippen LogP contribution in [0, 0.1) is 6.92 Å². The summed E-state index contributed by atoms with van der Waals surface area (Å²) in [6.45, 7) is 3.35. The lowest BCUT2D eigenvalue weighted by atomic mass is 10.3. The molecule has 3 aromatic heterocycles. The van der Waals surface area contributed by atoms with Crippen molar-refractivity contribution < 1.29 is 9.59 Å². The van der Waals surface area contributed by atoms with Crippen LogP contribution in [0.2, 0.25) is 0 Å². The number of nitrogens with zero attached hydrogens (tertiary/aromatic N) is 5. The molecule has 0 aliphatic rings. The molecule has 3 heterocycles. The van der Waals surface area contributed by atoms with E-state index in [0.717, 1.165) is 16.6 Å². The molecule has 0 radical (unpaired) electrons. The lowest BCUT2D eigenvalue weighted by molar-refractivity contribution is -0.118. The van der Waals surface area contributed by atoms with Gasteiger partial charge in [0.05, 0.1) is 21.5 Å². The number of thioether (sulfide) groups is 1. The highest BCUT2D eigenvalue weighted by molar-refractivity contribution is 8.00. The van der Waals surface area contributed by atoms with Crippen LogP contribution < -0.4 is 16.6 Å². The van der Waals surface area contributed by atoms with Gasteiger partial charge in [-0.3, -0.25) is 23.6 Å². The van der Waals surface area contributed by atoms with Gasteiger partial charge in [0.1, 0.15) is 12.2 Å². The van der Waals surface area contributed by atoms with Gasteiger partial charge in [0.15, 0.2) is 11.0 Å². The zero-order valence-electron chi connectivity index (χ0n) is 18.8. The number of hydrogen-bond acceptors (Lipinski definition) is 7. The number of hydrogen-bond donors (Lipinski definition) is 2. The molecule has 12 heteroatoms. The van der Waals surface area contributed by atoms with Crippen molar-refractivity contribution in [3.63, 3.8) is 0 Å². The normalized spacial score (nSPS) is 12.0. The summed E-state index contributed by atoms with van der Waals surface area (Å²) in [5.74, 6) is -0.409. The Morgan fingerprint density at radius 1 is 1.18 bits per heavy atom. The maximum absolute atomic E-state index is 13.1. The number of anilines is 1. The number of carbonyl (C=O) groups excluding carboxylic acids is 2. The third-order valence-corrected chi connectivity index (χ3v) is 7.17. The van der Waals surface area contributed by atoms with E-state index in [1.807, 2.05) is 47.8 Å². The van der Waals surface area contributed by atoms with Gasteiger partial charge in [-0.2, -0.15) is 0 Å². The Bertz CT molecular complexity index is 1390. The Hall–Kier alpha value is -3.64. The predicted octanol–water partition coefficient (Wildman–Crippen LogP) is 2.41. The lowest BCUT2D eigenvalue weighted by Gasteiger charge is -2.12. The van der Waals surface area contributed by atoms with Gasteiger partial charge in [0, 0.05) is 7.05 Å². The molecule has 1 aromatic carbocycles. The van der Waals surface area contributed by atoms with E-state index in [1.165, 1.54) is 16.0 Å². The molecule has 176 valence electrons. The summed E-state index contributed by atoms with van der Waals surface area (Å²) in [7, 11) is 1.76. The number of para-hydroxylation sites is 1. The summed E-state index contributed by atoms with van der Waals surface area (Å²) in [6, 6.07) is 12.9. The molecule has 10 nitrogen and oxygen atoms in total. The van der Waals surface area contributed by atoms with Crippen molar-refractivity contribution in [3.05, 3.63) is 63.9 Å². The summed E-state index contributed by atoms with van der Waals surface area (Å²) in [5.41, 5.74) is 6.63. The third-order valence-electron chi connectivity index (χ3n) is 5.23. The number of thiophene rings is 1. The zero-order valence-corrected chi connectivity index (χ0v) is 20.4. The minimum absolute atomic E-state index is 0.115. The second-order valence-electron chi connectivity index (χ2n) is 7.52. The Balaban J connectivity index is 1.57. The van der Waals surface area contributed by atoms with E-state index in [1.54, 1.807) is 30.1 Å². The first-order chi connectivity index (χ1) is 16.3. The number of amides is 2. The number of rotatable bonds is 8. The van der Waals surface area contributed by atoms with Crippen LogP contribution in [0.25, 0.3) is 16.4 Å². The Morgan fingerprint density at radius 3 is 2.56 bits per heavy atom. The highest BCUT2D eigenvalue weighted by atomic mass is 32.2. The minimum atomic E-state index is -0.629. The molecule has 0 spiro atoms. The number of aromatic nitrogens is 5. The molecule has 0 fully saturated rings. The number of primary amides is 1. The molecular weight excluding hydrogens is 474 g/mol. The fourth-order valence-electron chi connectivity index (χ4n) is 3.41. The molecule has 0 saturated heterocycles. The van der Waals surface area contributed by atoms with Crippen LogP contribution in [0.3, 0.4) is 0 Å². The van der Waals surface area contributed by atoms with E-state index >= 15 is 0 Å². The maximum atomic E-state index is 13.1. The monoisotopic (exact) mass is 497 g/mol. The standard InChI is InChI=1S/C22H23N7O3S2/c1-13-18(21(32)29(27(13)3)15-8-5-4-6-9-15)24-20(31)14(2)34-22-26-25-19(16-10-7-11-33-16)28(22)12-17(23)30/h4-11,14H,12H2,1-3H3,(H2,23,30)(H,24,31). The smallest absolute Gasteiger partial charge is 0.295 e. The molecule has 3 N–H and O–H groups in total. The molecule has 0 bridgehead atoms. The van der Waals surface area contributed by atoms with Gasteiger partial charge in [-0.1, -0.05) is 36.0 Å². The SMILES string of the molecule is Cc1c(NC(=O)C(C)Sc2nnc(-c3cccs3)n2CC(N)=O)c(=O)n(-c2ccccc2)n1C. The van der Waals surface area contributed by atoms with E-state index < -0.39 is 11.2 Å². The molecule has 0 aliphatic carbocycles. The largest absolute Gasteiger partial charge is 0.368 e. The van der Waals surface area contributed by atoms with Crippen LogP contribution in [-0.2, 0) is 23.2 Å². The molecule has 0 aliphatic heterocycles. The molecule has 1 atom stereocenters. The summed E-state index contributed by atoms with van der Waals surface area (Å²) in [6.07, 6.45) is 0. The topological polar surface area (TPSA) is 130 Å². The average Bonchev–Trinajstić information content (AvgIpc) is 3.51. The number of carbonyl (C=O) groups is 2. The summed E-state index contributed by atoms with van der Waals surface area (Å²) in [4.78, 5) is 38.6. The minimum Gasteiger partial charge on any atom is -0.368 e. The highest BCUT2D eigenvalue weighted by Crippen LogP contribution is 2.29. The van der Waals surface area contributed by atoms with E-state index in [4.69, 9.17) is 5.73 Å². The van der Waals surface area contributed by atoms with Crippen LogP contribution in [-0.4, -0.2) is 41.2 Å². The van der Waals surface area contributed by atoms with Crippen LogP contribution in [0.4, 0.5) is 5.69 Å². The fourth-order valence-corrected chi connectivity index (χ4v) is 4.98. The third kappa shape index (κ3) is 4.54. The van der Waals surface area contributed by atoms with Crippen molar-refractivity contribution in [2.45, 2.75) is 30.8 Å². The lowest BCUT2D eigenvalue weighted by Crippen LogP contribution is -2.27. The van der Waals surface area contributed by atoms with E-state index in [9.17, 15) is 14.4 Å². The second kappa shape index (κ2) is 9.69. The molecule has 34 heavy (non-hydrogen) atoms.